The number of aromatic amines is 1. The van der Waals surface area contributed by atoms with Crippen LogP contribution in [-0.4, -0.2) is 29.3 Å². The van der Waals surface area contributed by atoms with Crippen molar-refractivity contribution in [2.24, 2.45) is 0 Å². The van der Waals surface area contributed by atoms with E-state index < -0.39 is 0 Å². The maximum absolute atomic E-state index is 4.66. The fourth-order valence-electron chi connectivity index (χ4n) is 2.27. The van der Waals surface area contributed by atoms with Gasteiger partial charge in [-0.05, 0) is 19.1 Å². The fourth-order valence-corrected chi connectivity index (χ4v) is 2.91. The molecule has 0 aliphatic carbocycles. The van der Waals surface area contributed by atoms with Gasteiger partial charge in [-0.3, -0.25) is 4.57 Å². The normalized spacial score (nSPS) is 11.4. The van der Waals surface area contributed by atoms with E-state index in [1.807, 2.05) is 39.2 Å². The van der Waals surface area contributed by atoms with Gasteiger partial charge in [0.2, 0.25) is 0 Å². The van der Waals surface area contributed by atoms with Crippen molar-refractivity contribution in [2.75, 3.05) is 0 Å². The molecule has 6 nitrogen and oxygen atoms in total. The molecule has 0 amide bonds. The van der Waals surface area contributed by atoms with Crippen molar-refractivity contribution >= 4 is 22.5 Å². The van der Waals surface area contributed by atoms with Gasteiger partial charge in [0, 0.05) is 24.3 Å². The Bertz CT molecular complexity index is 851. The molecule has 0 bridgehead atoms. The van der Waals surface area contributed by atoms with Gasteiger partial charge in [-0.2, -0.15) is 5.10 Å². The van der Waals surface area contributed by atoms with Gasteiger partial charge in [0.05, 0.1) is 11.9 Å². The number of imidazole rings is 1. The second kappa shape index (κ2) is 4.31. The number of nitrogens with one attached hydrogen (secondary N) is 1. The van der Waals surface area contributed by atoms with Crippen LogP contribution in [0.4, 0.5) is 0 Å². The van der Waals surface area contributed by atoms with Gasteiger partial charge in [0.25, 0.3) is 0 Å². The molecule has 100 valence electrons. The molecule has 0 unspecified atom stereocenters. The lowest BCUT2D eigenvalue weighted by Gasteiger charge is -2.02. The Morgan fingerprint density at radius 1 is 1.40 bits per heavy atom. The quantitative estimate of drug-likeness (QED) is 0.629. The molecular formula is C13H12N6S. The first-order chi connectivity index (χ1) is 9.86. The zero-order valence-electron chi connectivity index (χ0n) is 10.8. The highest BCUT2D eigenvalue weighted by atomic mass is 32.1. The van der Waals surface area contributed by atoms with Crippen LogP contribution in [0, 0.1) is 0 Å². The first-order valence-corrected chi connectivity index (χ1v) is 7.24. The molecule has 0 aliphatic rings. The third kappa shape index (κ3) is 1.60. The number of hydrogen-bond acceptors (Lipinski definition) is 4. The molecule has 4 aromatic heterocycles. The van der Waals surface area contributed by atoms with E-state index in [0.717, 1.165) is 34.4 Å². The Kier molecular flexibility index (Phi) is 2.46. The van der Waals surface area contributed by atoms with E-state index in [1.165, 1.54) is 0 Å². The molecule has 0 saturated carbocycles. The predicted octanol–water partition coefficient (Wildman–Crippen LogP) is 2.69. The molecule has 1 N–H and O–H groups in total. The van der Waals surface area contributed by atoms with Crippen molar-refractivity contribution in [3.63, 3.8) is 0 Å². The van der Waals surface area contributed by atoms with Crippen molar-refractivity contribution < 1.29 is 0 Å². The van der Waals surface area contributed by atoms with E-state index in [-0.39, 0.29) is 0 Å². The molecule has 7 heteroatoms. The number of nitrogens with zero attached hydrogens (tertiary/aromatic N) is 5. The average Bonchev–Trinajstić information content (AvgIpc) is 3.21. The van der Waals surface area contributed by atoms with Crippen molar-refractivity contribution in [3.05, 3.63) is 36.1 Å². The minimum atomic E-state index is 0.807. The summed E-state index contributed by atoms with van der Waals surface area (Å²) in [5.74, 6) is 0.833. The van der Waals surface area contributed by atoms with Crippen molar-refractivity contribution in [2.45, 2.75) is 13.5 Å². The minimum Gasteiger partial charge on any atom is -0.334 e. The summed E-state index contributed by atoms with van der Waals surface area (Å²) in [7, 11) is 0. The molecule has 0 saturated heterocycles. The zero-order valence-corrected chi connectivity index (χ0v) is 11.6. The van der Waals surface area contributed by atoms with Gasteiger partial charge in [-0.1, -0.05) is 0 Å². The number of thiazole rings is 1. The molecule has 0 aliphatic heterocycles. The zero-order chi connectivity index (χ0) is 13.5. The summed E-state index contributed by atoms with van der Waals surface area (Å²) in [4.78, 5) is 12.3. The summed E-state index contributed by atoms with van der Waals surface area (Å²) in [6, 6.07) is 4.03. The lowest BCUT2D eigenvalue weighted by molar-refractivity contribution is 0.677. The molecule has 0 atom stereocenters. The molecule has 4 rings (SSSR count). The third-order valence-corrected chi connectivity index (χ3v) is 3.97. The maximum atomic E-state index is 4.66. The summed E-state index contributed by atoms with van der Waals surface area (Å²) < 4.78 is 3.91. The standard InChI is InChI=1S/C13H12N6S/c1-2-19-12-9(8-15-19)16-11(17-12)10-4-3-6-18(10)13-14-5-7-20-13/h3-8H,2H2,1H3,(H,16,17). The number of fused-ring (bicyclic) bond motifs is 1. The van der Waals surface area contributed by atoms with Crippen LogP contribution in [0.25, 0.3) is 27.8 Å². The molecule has 0 spiro atoms. The molecule has 0 fully saturated rings. The van der Waals surface area contributed by atoms with Gasteiger partial charge in [0.1, 0.15) is 5.52 Å². The Morgan fingerprint density at radius 3 is 3.15 bits per heavy atom. The predicted molar refractivity (Wildman–Crippen MR) is 78.0 cm³/mol. The average molecular weight is 284 g/mol. The van der Waals surface area contributed by atoms with Gasteiger partial charge >= 0.3 is 0 Å². The SMILES string of the molecule is CCn1ncc2[nH]c(-c3cccn3-c3nccs3)nc21. The van der Waals surface area contributed by atoms with Gasteiger partial charge < -0.3 is 4.98 Å². The molecule has 0 radical (unpaired) electrons. The number of H-pyrrole nitrogens is 1. The summed E-state index contributed by atoms with van der Waals surface area (Å²) in [6.45, 7) is 2.86. The fraction of sp³-hybridized carbons (Fsp3) is 0.154. The second-order valence-electron chi connectivity index (χ2n) is 4.36. The van der Waals surface area contributed by atoms with Crippen LogP contribution in [0.2, 0.25) is 0 Å². The van der Waals surface area contributed by atoms with Crippen LogP contribution >= 0.6 is 11.3 Å². The van der Waals surface area contributed by atoms with E-state index in [1.54, 1.807) is 17.5 Å². The lowest BCUT2D eigenvalue weighted by atomic mass is 10.4. The van der Waals surface area contributed by atoms with E-state index in [4.69, 9.17) is 0 Å². The van der Waals surface area contributed by atoms with Crippen LogP contribution in [-0.2, 0) is 6.54 Å². The first-order valence-electron chi connectivity index (χ1n) is 6.36. The molecule has 4 heterocycles. The van der Waals surface area contributed by atoms with Gasteiger partial charge in [0.15, 0.2) is 16.6 Å². The van der Waals surface area contributed by atoms with E-state index >= 15 is 0 Å². The van der Waals surface area contributed by atoms with E-state index in [9.17, 15) is 0 Å². The summed E-state index contributed by atoms with van der Waals surface area (Å²) in [5, 5.41) is 7.17. The highest BCUT2D eigenvalue weighted by Gasteiger charge is 2.14. The number of hydrogen-bond donors (Lipinski definition) is 1. The summed E-state index contributed by atoms with van der Waals surface area (Å²) in [6.07, 6.45) is 5.61. The summed E-state index contributed by atoms with van der Waals surface area (Å²) >= 11 is 1.60. The van der Waals surface area contributed by atoms with Crippen LogP contribution < -0.4 is 0 Å². The lowest BCUT2D eigenvalue weighted by Crippen LogP contribution is -1.98. The highest BCUT2D eigenvalue weighted by Crippen LogP contribution is 2.24. The number of aromatic nitrogens is 6. The maximum Gasteiger partial charge on any atom is 0.194 e. The summed E-state index contributed by atoms with van der Waals surface area (Å²) in [5.41, 5.74) is 2.84. The highest BCUT2D eigenvalue weighted by molar-refractivity contribution is 7.12. The Hall–Kier alpha value is -2.41. The second-order valence-corrected chi connectivity index (χ2v) is 5.23. The van der Waals surface area contributed by atoms with Crippen LogP contribution in [0.15, 0.2) is 36.1 Å². The monoisotopic (exact) mass is 284 g/mol. The Morgan fingerprint density at radius 2 is 2.35 bits per heavy atom. The van der Waals surface area contributed by atoms with Crippen molar-refractivity contribution in [1.29, 1.82) is 0 Å². The van der Waals surface area contributed by atoms with E-state index in [0.29, 0.717) is 0 Å². The first kappa shape index (κ1) is 11.4. The third-order valence-electron chi connectivity index (χ3n) is 3.20. The largest absolute Gasteiger partial charge is 0.334 e. The number of aryl methyl sites for hydroxylation is 1. The van der Waals surface area contributed by atoms with Crippen molar-refractivity contribution in [3.8, 4) is 16.6 Å². The molecule has 4 aromatic rings. The van der Waals surface area contributed by atoms with Crippen LogP contribution in [0.5, 0.6) is 0 Å². The molecular weight excluding hydrogens is 272 g/mol. The van der Waals surface area contributed by atoms with Crippen LogP contribution in [0.3, 0.4) is 0 Å². The topological polar surface area (TPSA) is 64.3 Å². The number of rotatable bonds is 3. The molecule has 20 heavy (non-hydrogen) atoms. The smallest absolute Gasteiger partial charge is 0.194 e. The van der Waals surface area contributed by atoms with Gasteiger partial charge in [-0.15, -0.1) is 11.3 Å². The van der Waals surface area contributed by atoms with Crippen molar-refractivity contribution in [1.82, 2.24) is 29.3 Å². The Balaban J connectivity index is 1.87. The minimum absolute atomic E-state index is 0.807. The Labute approximate surface area is 118 Å². The van der Waals surface area contributed by atoms with E-state index in [2.05, 4.69) is 27.0 Å². The van der Waals surface area contributed by atoms with Gasteiger partial charge in [-0.25, -0.2) is 14.6 Å². The van der Waals surface area contributed by atoms with Crippen LogP contribution in [0.1, 0.15) is 6.92 Å². The molecule has 0 aromatic carbocycles.